The van der Waals surface area contributed by atoms with Gasteiger partial charge in [0, 0.05) is 24.3 Å². The van der Waals surface area contributed by atoms with E-state index in [4.69, 9.17) is 4.74 Å². The first-order chi connectivity index (χ1) is 8.53. The van der Waals surface area contributed by atoms with Crippen molar-refractivity contribution >= 4 is 5.69 Å². The zero-order chi connectivity index (χ0) is 13.2. The molecule has 2 rings (SSSR count). The number of likely N-dealkylation sites (N-methyl/N-ethyl adjacent to an activating group) is 1. The molecule has 1 N–H and O–H groups in total. The Morgan fingerprint density at radius 1 is 1.44 bits per heavy atom. The van der Waals surface area contributed by atoms with Crippen molar-refractivity contribution in [2.75, 3.05) is 31.6 Å². The van der Waals surface area contributed by atoms with Gasteiger partial charge in [-0.1, -0.05) is 0 Å². The topological polar surface area (TPSA) is 37.4 Å². The van der Waals surface area contributed by atoms with Gasteiger partial charge in [-0.25, -0.2) is 0 Å². The predicted octanol–water partition coefficient (Wildman–Crippen LogP) is 1.59. The van der Waals surface area contributed by atoms with E-state index in [1.807, 2.05) is 20.2 Å². The van der Waals surface area contributed by atoms with Crippen LogP contribution in [0.15, 0.2) is 18.3 Å². The van der Waals surface area contributed by atoms with Crippen molar-refractivity contribution in [3.05, 3.63) is 24.0 Å². The summed E-state index contributed by atoms with van der Waals surface area (Å²) in [6, 6.07) is 4.19. The number of ether oxygens (including phenoxy) is 1. The Balaban J connectivity index is 2.09. The molecule has 18 heavy (non-hydrogen) atoms. The second-order valence-corrected chi connectivity index (χ2v) is 5.43. The number of morpholine rings is 1. The maximum atomic E-state index is 5.88. The van der Waals surface area contributed by atoms with E-state index in [0.717, 1.165) is 25.4 Å². The molecule has 4 heteroatoms. The van der Waals surface area contributed by atoms with Gasteiger partial charge in [-0.2, -0.15) is 0 Å². The lowest BCUT2D eigenvalue weighted by atomic mass is 9.96. The van der Waals surface area contributed by atoms with Gasteiger partial charge in [-0.15, -0.1) is 0 Å². The highest BCUT2D eigenvalue weighted by Gasteiger charge is 2.33. The lowest BCUT2D eigenvalue weighted by Crippen LogP contribution is -2.57. The zero-order valence-electron chi connectivity index (χ0n) is 11.7. The first kappa shape index (κ1) is 13.3. The summed E-state index contributed by atoms with van der Waals surface area (Å²) in [5.41, 5.74) is 2.22. The van der Waals surface area contributed by atoms with Crippen LogP contribution < -0.4 is 10.2 Å². The molecule has 1 unspecified atom stereocenters. The molecule has 0 aromatic carbocycles. The second kappa shape index (κ2) is 5.24. The molecule has 0 radical (unpaired) electrons. The Hall–Kier alpha value is -1.13. The van der Waals surface area contributed by atoms with Gasteiger partial charge in [0.25, 0.3) is 0 Å². The summed E-state index contributed by atoms with van der Waals surface area (Å²) >= 11 is 0. The summed E-state index contributed by atoms with van der Waals surface area (Å²) in [4.78, 5) is 6.71. The second-order valence-electron chi connectivity index (χ2n) is 5.43. The highest BCUT2D eigenvalue weighted by atomic mass is 16.5. The van der Waals surface area contributed by atoms with Crippen LogP contribution in [0.2, 0.25) is 0 Å². The van der Waals surface area contributed by atoms with Crippen LogP contribution in [0.5, 0.6) is 0 Å². The van der Waals surface area contributed by atoms with Gasteiger partial charge in [0.15, 0.2) is 0 Å². The average molecular weight is 249 g/mol. The van der Waals surface area contributed by atoms with Gasteiger partial charge in [0.05, 0.1) is 24.6 Å². The molecule has 1 aliphatic heterocycles. The first-order valence-corrected chi connectivity index (χ1v) is 6.51. The number of pyridine rings is 1. The monoisotopic (exact) mass is 249 g/mol. The lowest BCUT2D eigenvalue weighted by Gasteiger charge is -2.42. The summed E-state index contributed by atoms with van der Waals surface area (Å²) in [5, 5.41) is 3.32. The van der Waals surface area contributed by atoms with E-state index >= 15 is 0 Å². The van der Waals surface area contributed by atoms with Gasteiger partial charge < -0.3 is 15.0 Å². The fourth-order valence-electron chi connectivity index (χ4n) is 2.13. The molecule has 4 nitrogen and oxygen atoms in total. The van der Waals surface area contributed by atoms with Gasteiger partial charge >= 0.3 is 0 Å². The maximum Gasteiger partial charge on any atom is 0.0926 e. The predicted molar refractivity (Wildman–Crippen MR) is 74.1 cm³/mol. The summed E-state index contributed by atoms with van der Waals surface area (Å²) in [5.74, 6) is 0. The molecule has 100 valence electrons. The molecular formula is C14H23N3O. The molecule has 0 amide bonds. The SMILES string of the molecule is CNC(C)(C)C1CN(c2ccc(C)nc2)CCO1. The molecule has 1 aliphatic rings. The van der Waals surface area contributed by atoms with Gasteiger partial charge in [0.2, 0.25) is 0 Å². The normalized spacial score (nSPS) is 21.1. The Bertz CT molecular complexity index is 389. The Morgan fingerprint density at radius 3 is 2.83 bits per heavy atom. The third kappa shape index (κ3) is 2.82. The Labute approximate surface area is 109 Å². The van der Waals surface area contributed by atoms with Crippen LogP contribution in [0.3, 0.4) is 0 Å². The van der Waals surface area contributed by atoms with Crippen molar-refractivity contribution in [2.45, 2.75) is 32.4 Å². The first-order valence-electron chi connectivity index (χ1n) is 6.51. The summed E-state index contributed by atoms with van der Waals surface area (Å²) in [6.45, 7) is 8.96. The van der Waals surface area contributed by atoms with Crippen LogP contribution in [0.4, 0.5) is 5.69 Å². The number of nitrogens with zero attached hydrogens (tertiary/aromatic N) is 2. The highest BCUT2D eigenvalue weighted by molar-refractivity contribution is 5.45. The fraction of sp³-hybridized carbons (Fsp3) is 0.643. The van der Waals surface area contributed by atoms with Gasteiger partial charge in [-0.05, 0) is 40.0 Å². The van der Waals surface area contributed by atoms with Crippen molar-refractivity contribution < 1.29 is 4.74 Å². The number of nitrogens with one attached hydrogen (secondary N) is 1. The van der Waals surface area contributed by atoms with Crippen LogP contribution in [0, 0.1) is 6.92 Å². The minimum absolute atomic E-state index is 0.0171. The molecule has 1 saturated heterocycles. The molecule has 1 aromatic heterocycles. The third-order valence-electron chi connectivity index (χ3n) is 3.78. The average Bonchev–Trinajstić information content (AvgIpc) is 2.40. The van der Waals surface area contributed by atoms with Crippen LogP contribution in [0.1, 0.15) is 19.5 Å². The molecule has 1 atom stereocenters. The van der Waals surface area contributed by atoms with Gasteiger partial charge in [0.1, 0.15) is 0 Å². The van der Waals surface area contributed by atoms with E-state index < -0.39 is 0 Å². The van der Waals surface area contributed by atoms with E-state index in [1.54, 1.807) is 0 Å². The van der Waals surface area contributed by atoms with E-state index in [0.29, 0.717) is 0 Å². The molecule has 2 heterocycles. The van der Waals surface area contributed by atoms with Crippen LogP contribution in [-0.4, -0.2) is 43.4 Å². The molecule has 0 aliphatic carbocycles. The van der Waals surface area contributed by atoms with Crippen molar-refractivity contribution in [3.63, 3.8) is 0 Å². The van der Waals surface area contributed by atoms with E-state index in [2.05, 4.69) is 41.2 Å². The summed E-state index contributed by atoms with van der Waals surface area (Å²) < 4.78 is 5.88. The van der Waals surface area contributed by atoms with E-state index in [1.165, 1.54) is 5.69 Å². The van der Waals surface area contributed by atoms with E-state index in [9.17, 15) is 0 Å². The number of aryl methyl sites for hydroxylation is 1. The number of hydrogen-bond acceptors (Lipinski definition) is 4. The number of anilines is 1. The fourth-order valence-corrected chi connectivity index (χ4v) is 2.13. The molecule has 0 saturated carbocycles. The lowest BCUT2D eigenvalue weighted by molar-refractivity contribution is -0.0103. The smallest absolute Gasteiger partial charge is 0.0926 e. The highest BCUT2D eigenvalue weighted by Crippen LogP contribution is 2.22. The number of rotatable bonds is 3. The number of hydrogen-bond donors (Lipinski definition) is 1. The largest absolute Gasteiger partial charge is 0.373 e. The summed E-state index contributed by atoms with van der Waals surface area (Å²) in [6.07, 6.45) is 2.14. The van der Waals surface area contributed by atoms with Crippen LogP contribution in [0.25, 0.3) is 0 Å². The molecular weight excluding hydrogens is 226 g/mol. The van der Waals surface area contributed by atoms with E-state index in [-0.39, 0.29) is 11.6 Å². The minimum atomic E-state index is -0.0171. The molecule has 1 aromatic rings. The van der Waals surface area contributed by atoms with Crippen molar-refractivity contribution in [3.8, 4) is 0 Å². The van der Waals surface area contributed by atoms with Crippen molar-refractivity contribution in [1.82, 2.24) is 10.3 Å². The Morgan fingerprint density at radius 2 is 2.22 bits per heavy atom. The van der Waals surface area contributed by atoms with Crippen molar-refractivity contribution in [2.24, 2.45) is 0 Å². The maximum absolute atomic E-state index is 5.88. The Kier molecular flexibility index (Phi) is 3.88. The quantitative estimate of drug-likeness (QED) is 0.883. The van der Waals surface area contributed by atoms with Crippen LogP contribution in [-0.2, 0) is 4.74 Å². The minimum Gasteiger partial charge on any atom is -0.373 e. The number of aromatic nitrogens is 1. The molecule has 0 bridgehead atoms. The molecule has 1 fully saturated rings. The van der Waals surface area contributed by atoms with Crippen LogP contribution >= 0.6 is 0 Å². The standard InChI is InChI=1S/C14H23N3O/c1-11-5-6-12(9-16-11)17-7-8-18-13(10-17)14(2,3)15-4/h5-6,9,13,15H,7-8,10H2,1-4H3. The third-order valence-corrected chi connectivity index (χ3v) is 3.78. The van der Waals surface area contributed by atoms with Gasteiger partial charge in [-0.3, -0.25) is 4.98 Å². The summed E-state index contributed by atoms with van der Waals surface area (Å²) in [7, 11) is 1.98. The molecule has 0 spiro atoms. The van der Waals surface area contributed by atoms with Crippen molar-refractivity contribution in [1.29, 1.82) is 0 Å². The zero-order valence-corrected chi connectivity index (χ0v) is 11.7.